The SMILES string of the molecule is CCCNC(CCN(C)CC(C)(C)O)c1ccc(C)cc1. The molecule has 1 rings (SSSR count). The molecule has 1 aromatic rings. The first-order chi connectivity index (χ1) is 9.81. The van der Waals surface area contributed by atoms with Gasteiger partial charge in [-0.3, -0.25) is 0 Å². The molecule has 0 spiro atoms. The van der Waals surface area contributed by atoms with Crippen LogP contribution < -0.4 is 5.32 Å². The van der Waals surface area contributed by atoms with Crippen LogP contribution in [0, 0.1) is 6.92 Å². The van der Waals surface area contributed by atoms with Crippen molar-refractivity contribution in [2.24, 2.45) is 0 Å². The number of rotatable bonds is 9. The molecule has 3 nitrogen and oxygen atoms in total. The summed E-state index contributed by atoms with van der Waals surface area (Å²) in [6.45, 7) is 10.7. The molecule has 0 fully saturated rings. The molecule has 0 saturated carbocycles. The highest BCUT2D eigenvalue weighted by Gasteiger charge is 2.17. The van der Waals surface area contributed by atoms with Gasteiger partial charge in [-0.15, -0.1) is 0 Å². The van der Waals surface area contributed by atoms with Crippen LogP contribution in [0.25, 0.3) is 0 Å². The Labute approximate surface area is 130 Å². The zero-order valence-electron chi connectivity index (χ0n) is 14.3. The lowest BCUT2D eigenvalue weighted by Gasteiger charge is -2.27. The first-order valence-corrected chi connectivity index (χ1v) is 8.02. The average molecular weight is 292 g/mol. The summed E-state index contributed by atoms with van der Waals surface area (Å²) >= 11 is 0. The second-order valence-corrected chi connectivity index (χ2v) is 6.76. The molecular formula is C18H32N2O. The Kier molecular flexibility index (Phi) is 7.36. The number of nitrogens with one attached hydrogen (secondary N) is 1. The van der Waals surface area contributed by atoms with Crippen LogP contribution in [0.5, 0.6) is 0 Å². The summed E-state index contributed by atoms with van der Waals surface area (Å²) in [4.78, 5) is 2.20. The monoisotopic (exact) mass is 292 g/mol. The van der Waals surface area contributed by atoms with Crippen LogP contribution in [0.3, 0.4) is 0 Å². The van der Waals surface area contributed by atoms with Gasteiger partial charge in [-0.05, 0) is 59.3 Å². The smallest absolute Gasteiger partial charge is 0.0718 e. The van der Waals surface area contributed by atoms with Crippen molar-refractivity contribution in [2.45, 2.75) is 52.2 Å². The Morgan fingerprint density at radius 2 is 1.86 bits per heavy atom. The van der Waals surface area contributed by atoms with Gasteiger partial charge in [0.15, 0.2) is 0 Å². The summed E-state index contributed by atoms with van der Waals surface area (Å²) in [5, 5.41) is 13.5. The quantitative estimate of drug-likeness (QED) is 0.734. The van der Waals surface area contributed by atoms with Crippen molar-refractivity contribution in [1.29, 1.82) is 0 Å². The molecule has 0 aliphatic rings. The largest absolute Gasteiger partial charge is 0.389 e. The van der Waals surface area contributed by atoms with Crippen LogP contribution in [-0.2, 0) is 0 Å². The number of aryl methyl sites for hydroxylation is 1. The van der Waals surface area contributed by atoms with Gasteiger partial charge in [-0.1, -0.05) is 36.8 Å². The van der Waals surface area contributed by atoms with E-state index in [-0.39, 0.29) is 0 Å². The first-order valence-electron chi connectivity index (χ1n) is 8.02. The van der Waals surface area contributed by atoms with E-state index in [2.05, 4.69) is 55.4 Å². The molecule has 120 valence electrons. The third-order valence-corrected chi connectivity index (χ3v) is 3.58. The summed E-state index contributed by atoms with van der Waals surface area (Å²) in [6, 6.07) is 9.18. The Bertz CT molecular complexity index is 395. The van der Waals surface area contributed by atoms with Gasteiger partial charge >= 0.3 is 0 Å². The van der Waals surface area contributed by atoms with Gasteiger partial charge < -0.3 is 15.3 Å². The molecule has 0 aromatic heterocycles. The minimum atomic E-state index is -0.634. The van der Waals surface area contributed by atoms with E-state index in [0.717, 1.165) is 25.9 Å². The Balaban J connectivity index is 2.60. The van der Waals surface area contributed by atoms with E-state index in [9.17, 15) is 5.11 Å². The third kappa shape index (κ3) is 7.60. The average Bonchev–Trinajstić information content (AvgIpc) is 2.38. The zero-order chi connectivity index (χ0) is 15.9. The predicted molar refractivity (Wildman–Crippen MR) is 90.6 cm³/mol. The lowest BCUT2D eigenvalue weighted by atomic mass is 10.0. The number of benzene rings is 1. The fourth-order valence-electron chi connectivity index (χ4n) is 2.59. The molecule has 1 unspecified atom stereocenters. The molecule has 21 heavy (non-hydrogen) atoms. The predicted octanol–water partition coefficient (Wildman–Crippen LogP) is 3.13. The van der Waals surface area contributed by atoms with Crippen molar-refractivity contribution in [1.82, 2.24) is 10.2 Å². The fourth-order valence-corrected chi connectivity index (χ4v) is 2.59. The Hall–Kier alpha value is -0.900. The van der Waals surface area contributed by atoms with Crippen molar-refractivity contribution in [2.75, 3.05) is 26.7 Å². The normalized spacial score (nSPS) is 13.7. The van der Waals surface area contributed by atoms with E-state index in [0.29, 0.717) is 12.6 Å². The minimum Gasteiger partial charge on any atom is -0.389 e. The van der Waals surface area contributed by atoms with E-state index in [1.54, 1.807) is 0 Å². The molecule has 0 heterocycles. The van der Waals surface area contributed by atoms with E-state index in [1.807, 2.05) is 13.8 Å². The van der Waals surface area contributed by atoms with Crippen molar-refractivity contribution in [3.05, 3.63) is 35.4 Å². The van der Waals surface area contributed by atoms with Crippen LogP contribution in [0.1, 0.15) is 50.8 Å². The minimum absolute atomic E-state index is 0.384. The fraction of sp³-hybridized carbons (Fsp3) is 0.667. The standard InChI is InChI=1S/C18H32N2O/c1-6-12-19-17(16-9-7-15(2)8-10-16)11-13-20(5)14-18(3,4)21/h7-10,17,19,21H,6,11-14H2,1-5H3. The van der Waals surface area contributed by atoms with Crippen molar-refractivity contribution < 1.29 is 5.11 Å². The van der Waals surface area contributed by atoms with Crippen molar-refractivity contribution in [3.8, 4) is 0 Å². The molecule has 0 bridgehead atoms. The number of aliphatic hydroxyl groups is 1. The van der Waals surface area contributed by atoms with Crippen molar-refractivity contribution in [3.63, 3.8) is 0 Å². The molecule has 1 aromatic carbocycles. The molecule has 0 saturated heterocycles. The lowest BCUT2D eigenvalue weighted by Crippen LogP contribution is -2.37. The van der Waals surface area contributed by atoms with Gasteiger partial charge in [0.2, 0.25) is 0 Å². The van der Waals surface area contributed by atoms with Crippen LogP contribution in [-0.4, -0.2) is 42.3 Å². The molecular weight excluding hydrogens is 260 g/mol. The van der Waals surface area contributed by atoms with Crippen LogP contribution in [0.4, 0.5) is 0 Å². The Morgan fingerprint density at radius 1 is 1.24 bits per heavy atom. The highest BCUT2D eigenvalue weighted by molar-refractivity contribution is 5.24. The number of hydrogen-bond donors (Lipinski definition) is 2. The maximum absolute atomic E-state index is 9.88. The maximum Gasteiger partial charge on any atom is 0.0718 e. The van der Waals surface area contributed by atoms with Gasteiger partial charge in [0.05, 0.1) is 5.60 Å². The maximum atomic E-state index is 9.88. The van der Waals surface area contributed by atoms with Crippen LogP contribution in [0.15, 0.2) is 24.3 Å². The van der Waals surface area contributed by atoms with E-state index in [1.165, 1.54) is 11.1 Å². The van der Waals surface area contributed by atoms with E-state index in [4.69, 9.17) is 0 Å². The van der Waals surface area contributed by atoms with Gasteiger partial charge in [-0.25, -0.2) is 0 Å². The summed E-state index contributed by atoms with van der Waals surface area (Å²) in [5.41, 5.74) is 2.02. The van der Waals surface area contributed by atoms with Gasteiger partial charge in [0.25, 0.3) is 0 Å². The first kappa shape index (κ1) is 18.1. The summed E-state index contributed by atoms with van der Waals surface area (Å²) in [6.07, 6.45) is 2.19. The van der Waals surface area contributed by atoms with E-state index < -0.39 is 5.60 Å². The molecule has 1 atom stereocenters. The van der Waals surface area contributed by atoms with Gasteiger partial charge in [-0.2, -0.15) is 0 Å². The summed E-state index contributed by atoms with van der Waals surface area (Å²) in [5.74, 6) is 0. The molecule has 0 aliphatic carbocycles. The zero-order valence-corrected chi connectivity index (χ0v) is 14.3. The number of hydrogen-bond acceptors (Lipinski definition) is 3. The highest BCUT2D eigenvalue weighted by atomic mass is 16.3. The Morgan fingerprint density at radius 3 is 2.38 bits per heavy atom. The van der Waals surface area contributed by atoms with Crippen LogP contribution >= 0.6 is 0 Å². The molecule has 3 heteroatoms. The number of likely N-dealkylation sites (N-methyl/N-ethyl adjacent to an activating group) is 1. The number of nitrogens with zero attached hydrogens (tertiary/aromatic N) is 1. The highest BCUT2D eigenvalue weighted by Crippen LogP contribution is 2.18. The summed E-state index contributed by atoms with van der Waals surface area (Å²) in [7, 11) is 2.07. The van der Waals surface area contributed by atoms with Crippen molar-refractivity contribution >= 4 is 0 Å². The molecule has 0 amide bonds. The third-order valence-electron chi connectivity index (χ3n) is 3.58. The molecule has 2 N–H and O–H groups in total. The van der Waals surface area contributed by atoms with Gasteiger partial charge in [0.1, 0.15) is 0 Å². The topological polar surface area (TPSA) is 35.5 Å². The molecule has 0 aliphatic heterocycles. The van der Waals surface area contributed by atoms with E-state index >= 15 is 0 Å². The van der Waals surface area contributed by atoms with Gasteiger partial charge in [0, 0.05) is 12.6 Å². The second-order valence-electron chi connectivity index (χ2n) is 6.76. The van der Waals surface area contributed by atoms with Crippen LogP contribution in [0.2, 0.25) is 0 Å². The lowest BCUT2D eigenvalue weighted by molar-refractivity contribution is 0.0435. The second kappa shape index (κ2) is 8.52. The molecule has 0 radical (unpaired) electrons. The summed E-state index contributed by atoms with van der Waals surface area (Å²) < 4.78 is 0.